The van der Waals surface area contributed by atoms with Crippen molar-refractivity contribution >= 4 is 23.2 Å². The van der Waals surface area contributed by atoms with Crippen molar-refractivity contribution in [2.24, 2.45) is 0 Å². The fraction of sp³-hybridized carbons (Fsp3) is 0. The van der Waals surface area contributed by atoms with E-state index in [2.05, 4.69) is 0 Å². The first-order chi connectivity index (χ1) is 13.0. The van der Waals surface area contributed by atoms with Crippen LogP contribution in [0.1, 0.15) is 16.1 Å². The molecular formula is C19H12N2O6. The predicted octanol–water partition coefficient (Wildman–Crippen LogP) is 4.66. The summed E-state index contributed by atoms with van der Waals surface area (Å²) < 4.78 is 5.56. The Morgan fingerprint density at radius 2 is 1.70 bits per heavy atom. The maximum absolute atomic E-state index is 12.2. The van der Waals surface area contributed by atoms with E-state index in [1.54, 1.807) is 30.3 Å². The van der Waals surface area contributed by atoms with E-state index in [1.807, 2.05) is 0 Å². The van der Waals surface area contributed by atoms with E-state index in [-0.39, 0.29) is 16.9 Å². The maximum atomic E-state index is 12.2. The SMILES string of the molecule is O=C(/C=C/c1ccc(-c2ccccc2[N+](=O)[O-])o1)c1cccc([N+](=O)[O-])c1. The van der Waals surface area contributed by atoms with Crippen LogP contribution in [-0.2, 0) is 0 Å². The fourth-order valence-corrected chi connectivity index (χ4v) is 2.46. The van der Waals surface area contributed by atoms with Gasteiger partial charge in [0, 0.05) is 23.8 Å². The van der Waals surface area contributed by atoms with Crippen LogP contribution in [0, 0.1) is 20.2 Å². The third-order valence-electron chi connectivity index (χ3n) is 3.73. The van der Waals surface area contributed by atoms with Crippen LogP contribution in [0.2, 0.25) is 0 Å². The van der Waals surface area contributed by atoms with Crippen molar-refractivity contribution in [3.05, 3.63) is 98.3 Å². The Morgan fingerprint density at radius 3 is 2.44 bits per heavy atom. The summed E-state index contributed by atoms with van der Waals surface area (Å²) in [6.07, 6.45) is 2.63. The second-order valence-electron chi connectivity index (χ2n) is 5.48. The molecule has 0 aliphatic carbocycles. The van der Waals surface area contributed by atoms with E-state index in [1.165, 1.54) is 42.5 Å². The van der Waals surface area contributed by atoms with E-state index < -0.39 is 15.6 Å². The standard InChI is InChI=1S/C19H12N2O6/c22-18(13-4-3-5-14(12-13)20(23)24)10-8-15-9-11-19(27-15)16-6-1-2-7-17(16)21(25)26/h1-12H/b10-8+. The molecule has 8 nitrogen and oxygen atoms in total. The summed E-state index contributed by atoms with van der Waals surface area (Å²) in [7, 11) is 0. The van der Waals surface area contributed by atoms with Crippen molar-refractivity contribution in [3.8, 4) is 11.3 Å². The molecule has 1 heterocycles. The first kappa shape index (κ1) is 17.7. The minimum Gasteiger partial charge on any atom is -0.456 e. The highest BCUT2D eigenvalue weighted by Gasteiger charge is 2.17. The number of ketones is 1. The Morgan fingerprint density at radius 1 is 0.926 bits per heavy atom. The number of non-ortho nitro benzene ring substituents is 1. The summed E-state index contributed by atoms with van der Waals surface area (Å²) >= 11 is 0. The molecule has 0 aliphatic heterocycles. The lowest BCUT2D eigenvalue weighted by molar-refractivity contribution is -0.384. The van der Waals surface area contributed by atoms with Gasteiger partial charge in [0.05, 0.1) is 15.4 Å². The monoisotopic (exact) mass is 364 g/mol. The molecule has 2 aromatic carbocycles. The first-order valence-corrected chi connectivity index (χ1v) is 7.76. The van der Waals surface area contributed by atoms with Gasteiger partial charge in [-0.15, -0.1) is 0 Å². The molecule has 0 aliphatic rings. The van der Waals surface area contributed by atoms with Crippen molar-refractivity contribution in [2.45, 2.75) is 0 Å². The summed E-state index contributed by atoms with van der Waals surface area (Å²) in [6.45, 7) is 0. The second-order valence-corrected chi connectivity index (χ2v) is 5.48. The highest BCUT2D eigenvalue weighted by Crippen LogP contribution is 2.31. The fourth-order valence-electron chi connectivity index (χ4n) is 2.46. The molecule has 3 rings (SSSR count). The minimum absolute atomic E-state index is 0.0879. The van der Waals surface area contributed by atoms with Gasteiger partial charge >= 0.3 is 0 Å². The lowest BCUT2D eigenvalue weighted by atomic mass is 10.1. The third kappa shape index (κ3) is 3.96. The number of hydrogen-bond donors (Lipinski definition) is 0. The smallest absolute Gasteiger partial charge is 0.280 e. The predicted molar refractivity (Wildman–Crippen MR) is 97.3 cm³/mol. The molecule has 3 aromatic rings. The average molecular weight is 364 g/mol. The Bertz CT molecular complexity index is 1070. The number of allylic oxidation sites excluding steroid dienone is 1. The lowest BCUT2D eigenvalue weighted by Crippen LogP contribution is -1.96. The molecule has 134 valence electrons. The van der Waals surface area contributed by atoms with Crippen LogP contribution in [0.4, 0.5) is 11.4 Å². The zero-order valence-electron chi connectivity index (χ0n) is 13.8. The first-order valence-electron chi connectivity index (χ1n) is 7.76. The molecular weight excluding hydrogens is 352 g/mol. The topological polar surface area (TPSA) is 116 Å². The normalized spacial score (nSPS) is 10.8. The molecule has 0 unspecified atom stereocenters. The number of nitro groups is 2. The quantitative estimate of drug-likeness (QED) is 0.272. The van der Waals surface area contributed by atoms with Crippen molar-refractivity contribution in [3.63, 3.8) is 0 Å². The Hall–Kier alpha value is -4.07. The summed E-state index contributed by atoms with van der Waals surface area (Å²) in [4.78, 5) is 33.0. The molecule has 0 bridgehead atoms. The van der Waals surface area contributed by atoms with E-state index >= 15 is 0 Å². The number of carbonyl (C=O) groups excluding carboxylic acids is 1. The molecule has 0 fully saturated rings. The second kappa shape index (κ2) is 7.44. The van der Waals surface area contributed by atoms with Crippen LogP contribution in [0.5, 0.6) is 0 Å². The van der Waals surface area contributed by atoms with Crippen molar-refractivity contribution in [1.82, 2.24) is 0 Å². The van der Waals surface area contributed by atoms with Crippen LogP contribution < -0.4 is 0 Å². The molecule has 0 spiro atoms. The van der Waals surface area contributed by atoms with Gasteiger partial charge in [-0.05, 0) is 30.4 Å². The molecule has 0 radical (unpaired) electrons. The molecule has 0 saturated carbocycles. The van der Waals surface area contributed by atoms with Gasteiger partial charge in [-0.25, -0.2) is 0 Å². The zero-order chi connectivity index (χ0) is 19.4. The Balaban J connectivity index is 1.82. The van der Waals surface area contributed by atoms with Crippen molar-refractivity contribution in [1.29, 1.82) is 0 Å². The highest BCUT2D eigenvalue weighted by atomic mass is 16.6. The Kier molecular flexibility index (Phi) is 4.89. The molecule has 0 N–H and O–H groups in total. The summed E-state index contributed by atoms with van der Waals surface area (Å²) in [5.41, 5.74) is 0.235. The number of hydrogen-bond acceptors (Lipinski definition) is 6. The zero-order valence-corrected chi connectivity index (χ0v) is 13.8. The molecule has 8 heteroatoms. The maximum Gasteiger partial charge on any atom is 0.280 e. The van der Waals surface area contributed by atoms with Crippen LogP contribution in [-0.4, -0.2) is 15.6 Å². The number of rotatable bonds is 6. The third-order valence-corrected chi connectivity index (χ3v) is 3.73. The van der Waals surface area contributed by atoms with Crippen LogP contribution in [0.3, 0.4) is 0 Å². The number of para-hydroxylation sites is 1. The van der Waals surface area contributed by atoms with Gasteiger partial charge in [-0.2, -0.15) is 0 Å². The van der Waals surface area contributed by atoms with Gasteiger partial charge in [0.1, 0.15) is 11.5 Å². The van der Waals surface area contributed by atoms with Gasteiger partial charge in [0.2, 0.25) is 0 Å². The van der Waals surface area contributed by atoms with E-state index in [0.29, 0.717) is 17.1 Å². The number of furan rings is 1. The largest absolute Gasteiger partial charge is 0.456 e. The van der Waals surface area contributed by atoms with Gasteiger partial charge in [-0.1, -0.05) is 24.3 Å². The van der Waals surface area contributed by atoms with Crippen LogP contribution >= 0.6 is 0 Å². The number of carbonyl (C=O) groups is 1. The molecule has 27 heavy (non-hydrogen) atoms. The average Bonchev–Trinajstić information content (AvgIpc) is 3.15. The summed E-state index contributed by atoms with van der Waals surface area (Å²) in [5, 5.41) is 21.9. The van der Waals surface area contributed by atoms with Crippen molar-refractivity contribution in [2.75, 3.05) is 0 Å². The highest BCUT2D eigenvalue weighted by molar-refractivity contribution is 6.07. The molecule has 1 aromatic heterocycles. The number of nitrogens with zero attached hydrogens (tertiary/aromatic N) is 2. The number of benzene rings is 2. The lowest BCUT2D eigenvalue weighted by Gasteiger charge is -1.98. The summed E-state index contributed by atoms with van der Waals surface area (Å²) in [6, 6.07) is 14.7. The number of nitro benzene ring substituents is 2. The van der Waals surface area contributed by atoms with Gasteiger partial charge in [0.25, 0.3) is 11.4 Å². The molecule has 0 amide bonds. The summed E-state index contributed by atoms with van der Waals surface area (Å²) in [5.74, 6) is 0.189. The van der Waals surface area contributed by atoms with E-state index in [9.17, 15) is 25.0 Å². The molecule has 0 saturated heterocycles. The van der Waals surface area contributed by atoms with Crippen molar-refractivity contribution < 1.29 is 19.1 Å². The minimum atomic E-state index is -0.577. The van der Waals surface area contributed by atoms with E-state index in [0.717, 1.165) is 0 Å². The van der Waals surface area contributed by atoms with E-state index in [4.69, 9.17) is 4.42 Å². The van der Waals surface area contributed by atoms with Gasteiger partial charge in [0.15, 0.2) is 5.78 Å². The van der Waals surface area contributed by atoms with Crippen LogP contribution in [0.15, 0.2) is 71.2 Å². The molecule has 0 atom stereocenters. The van der Waals surface area contributed by atoms with Crippen LogP contribution in [0.25, 0.3) is 17.4 Å². The van der Waals surface area contributed by atoms with Gasteiger partial charge in [-0.3, -0.25) is 25.0 Å². The Labute approximate surface area is 152 Å². The van der Waals surface area contributed by atoms with Gasteiger partial charge < -0.3 is 4.42 Å².